The van der Waals surface area contributed by atoms with Gasteiger partial charge in [0.2, 0.25) is 0 Å². The van der Waals surface area contributed by atoms with Gasteiger partial charge in [-0.15, -0.1) is 0 Å². The van der Waals surface area contributed by atoms with Gasteiger partial charge in [-0.05, 0) is 48.6 Å². The summed E-state index contributed by atoms with van der Waals surface area (Å²) in [6, 6.07) is 15.5. The van der Waals surface area contributed by atoms with Crippen molar-refractivity contribution in [2.24, 2.45) is 0 Å². The van der Waals surface area contributed by atoms with Crippen LogP contribution in [0.3, 0.4) is 0 Å². The molecule has 2 aromatic rings. The lowest BCUT2D eigenvalue weighted by Gasteiger charge is -2.31. The highest BCUT2D eigenvalue weighted by atomic mass is 19.1. The number of hydrogen-bond acceptors (Lipinski definition) is 2. The molecule has 0 aliphatic carbocycles. The summed E-state index contributed by atoms with van der Waals surface area (Å²) in [5, 5.41) is 3.47. The van der Waals surface area contributed by atoms with E-state index in [2.05, 4.69) is 35.5 Å². The van der Waals surface area contributed by atoms with Gasteiger partial charge in [-0.2, -0.15) is 0 Å². The minimum Gasteiger partial charge on any atom is -0.383 e. The molecule has 0 aromatic heterocycles. The molecule has 3 rings (SSSR count). The first-order valence-corrected chi connectivity index (χ1v) is 9.20. The lowest BCUT2D eigenvalue weighted by molar-refractivity contribution is 0.337. The molecule has 26 heavy (non-hydrogen) atoms. The normalized spacial score (nSPS) is 16.5. The van der Waals surface area contributed by atoms with E-state index in [1.807, 2.05) is 31.2 Å². The second-order valence-corrected chi connectivity index (χ2v) is 7.03. The molecule has 0 bridgehead atoms. The van der Waals surface area contributed by atoms with Crippen LogP contribution in [0.4, 0.5) is 4.39 Å². The third-order valence-electron chi connectivity index (χ3n) is 5.13. The molecule has 1 unspecified atom stereocenters. The Balaban J connectivity index is 1.62. The zero-order chi connectivity index (χ0) is 18.5. The molecule has 2 nitrogen and oxygen atoms in total. The quantitative estimate of drug-likeness (QED) is 0.759. The average molecular weight is 350 g/mol. The maximum Gasteiger partial charge on any atom is 0.123 e. The number of rotatable bonds is 7. The molecule has 2 aromatic carbocycles. The van der Waals surface area contributed by atoms with Crippen molar-refractivity contribution in [1.29, 1.82) is 0 Å². The van der Waals surface area contributed by atoms with Crippen LogP contribution in [-0.4, -0.2) is 17.5 Å². The minimum absolute atomic E-state index is 0.190. The van der Waals surface area contributed by atoms with Crippen molar-refractivity contribution in [3.63, 3.8) is 0 Å². The van der Waals surface area contributed by atoms with Gasteiger partial charge in [0.1, 0.15) is 5.82 Å². The van der Waals surface area contributed by atoms with E-state index in [-0.39, 0.29) is 11.9 Å². The number of allylic oxidation sites excluding steroid dienone is 1. The van der Waals surface area contributed by atoms with E-state index in [9.17, 15) is 4.39 Å². The number of likely N-dealkylation sites (tertiary alicyclic amines) is 1. The third-order valence-corrected chi connectivity index (χ3v) is 5.13. The van der Waals surface area contributed by atoms with Crippen molar-refractivity contribution in [3.05, 3.63) is 95.6 Å². The summed E-state index contributed by atoms with van der Waals surface area (Å²) < 4.78 is 13.6. The highest BCUT2D eigenvalue weighted by molar-refractivity contribution is 5.30. The highest BCUT2D eigenvalue weighted by Crippen LogP contribution is 2.27. The zero-order valence-electron chi connectivity index (χ0n) is 15.5. The molecule has 0 spiro atoms. The molecule has 3 heteroatoms. The first-order chi connectivity index (χ1) is 12.5. The van der Waals surface area contributed by atoms with E-state index < -0.39 is 0 Å². The van der Waals surface area contributed by atoms with Gasteiger partial charge in [0.05, 0.1) is 6.04 Å². The Labute approximate surface area is 156 Å². The third kappa shape index (κ3) is 4.34. The van der Waals surface area contributed by atoms with Gasteiger partial charge < -0.3 is 10.2 Å². The fourth-order valence-corrected chi connectivity index (χ4v) is 3.59. The molecular weight excluding hydrogens is 323 g/mol. The van der Waals surface area contributed by atoms with Gasteiger partial charge in [-0.25, -0.2) is 4.39 Å². The fraction of sp³-hybridized carbons (Fsp3) is 0.304. The Kier molecular flexibility index (Phi) is 5.77. The Hall–Kier alpha value is -2.55. The molecular formula is C23H27FN2. The standard InChI is InChI=1S/C23H27FN2/c1-17-11-12-22(24)15-21(17)14-18(2)26-13-7-10-23(26)19(3)25-16-20-8-5-4-6-9-20/h4-6,8-9,11-12,15,23,25H,2-3,7,10,13-14,16H2,1H3. The van der Waals surface area contributed by atoms with E-state index in [0.29, 0.717) is 6.42 Å². The second-order valence-electron chi connectivity index (χ2n) is 7.03. The molecule has 1 fully saturated rings. The Morgan fingerprint density at radius 2 is 1.96 bits per heavy atom. The van der Waals surface area contributed by atoms with Crippen molar-refractivity contribution in [3.8, 4) is 0 Å². The Bertz CT molecular complexity index is 782. The number of nitrogens with one attached hydrogen (secondary N) is 1. The molecule has 136 valence electrons. The van der Waals surface area contributed by atoms with Crippen LogP contribution < -0.4 is 5.32 Å². The van der Waals surface area contributed by atoms with Crippen LogP contribution in [0.5, 0.6) is 0 Å². The summed E-state index contributed by atoms with van der Waals surface area (Å²) in [7, 11) is 0. The molecule has 1 saturated heterocycles. The molecule has 0 saturated carbocycles. The number of nitrogens with zero attached hydrogens (tertiary/aromatic N) is 1. The monoisotopic (exact) mass is 350 g/mol. The first-order valence-electron chi connectivity index (χ1n) is 9.20. The number of benzene rings is 2. The van der Waals surface area contributed by atoms with Gasteiger partial charge in [-0.1, -0.05) is 49.6 Å². The van der Waals surface area contributed by atoms with Crippen LogP contribution in [0.1, 0.15) is 29.5 Å². The van der Waals surface area contributed by atoms with Crippen LogP contribution in [0.15, 0.2) is 73.1 Å². The van der Waals surface area contributed by atoms with Gasteiger partial charge in [0, 0.05) is 30.9 Å². The van der Waals surface area contributed by atoms with E-state index >= 15 is 0 Å². The van der Waals surface area contributed by atoms with Crippen LogP contribution in [0, 0.1) is 12.7 Å². The molecule has 0 radical (unpaired) electrons. The lowest BCUT2D eigenvalue weighted by atomic mass is 10.0. The van der Waals surface area contributed by atoms with Crippen LogP contribution >= 0.6 is 0 Å². The van der Waals surface area contributed by atoms with E-state index in [4.69, 9.17) is 0 Å². The molecule has 0 amide bonds. The number of hydrogen-bond donors (Lipinski definition) is 1. The minimum atomic E-state index is -0.190. The Morgan fingerprint density at radius 3 is 2.73 bits per heavy atom. The van der Waals surface area contributed by atoms with E-state index in [0.717, 1.165) is 48.5 Å². The SMILES string of the molecule is C=C(NCc1ccccc1)C1CCCN1C(=C)Cc1cc(F)ccc1C. The summed E-state index contributed by atoms with van der Waals surface area (Å²) >= 11 is 0. The van der Waals surface area contributed by atoms with E-state index in [1.54, 1.807) is 6.07 Å². The average Bonchev–Trinajstić information content (AvgIpc) is 3.13. The lowest BCUT2D eigenvalue weighted by Crippen LogP contribution is -2.35. The van der Waals surface area contributed by atoms with Crippen LogP contribution in [0.25, 0.3) is 0 Å². The maximum absolute atomic E-state index is 13.6. The van der Waals surface area contributed by atoms with Crippen molar-refractivity contribution in [2.45, 2.75) is 38.8 Å². The van der Waals surface area contributed by atoms with Crippen molar-refractivity contribution >= 4 is 0 Å². The van der Waals surface area contributed by atoms with Gasteiger partial charge in [-0.3, -0.25) is 0 Å². The fourth-order valence-electron chi connectivity index (χ4n) is 3.59. The molecule has 1 aliphatic heterocycles. The number of aryl methyl sites for hydroxylation is 1. The van der Waals surface area contributed by atoms with Crippen molar-refractivity contribution < 1.29 is 4.39 Å². The topological polar surface area (TPSA) is 15.3 Å². The zero-order valence-corrected chi connectivity index (χ0v) is 15.5. The highest BCUT2D eigenvalue weighted by Gasteiger charge is 2.27. The largest absolute Gasteiger partial charge is 0.383 e. The van der Waals surface area contributed by atoms with Crippen molar-refractivity contribution in [1.82, 2.24) is 10.2 Å². The molecule has 1 N–H and O–H groups in total. The summed E-state index contributed by atoms with van der Waals surface area (Å²) in [5.41, 5.74) is 5.41. The van der Waals surface area contributed by atoms with Gasteiger partial charge in [0.15, 0.2) is 0 Å². The van der Waals surface area contributed by atoms with Gasteiger partial charge >= 0.3 is 0 Å². The van der Waals surface area contributed by atoms with Crippen LogP contribution in [-0.2, 0) is 13.0 Å². The van der Waals surface area contributed by atoms with Crippen LogP contribution in [0.2, 0.25) is 0 Å². The van der Waals surface area contributed by atoms with Gasteiger partial charge in [0.25, 0.3) is 0 Å². The first kappa shape index (κ1) is 18.2. The summed E-state index contributed by atoms with van der Waals surface area (Å²) in [6.07, 6.45) is 2.87. The number of halogens is 1. The molecule has 1 heterocycles. The Morgan fingerprint density at radius 1 is 1.19 bits per heavy atom. The summed E-state index contributed by atoms with van der Waals surface area (Å²) in [5.74, 6) is -0.190. The maximum atomic E-state index is 13.6. The molecule has 1 aliphatic rings. The summed E-state index contributed by atoms with van der Waals surface area (Å²) in [4.78, 5) is 2.32. The van der Waals surface area contributed by atoms with Crippen molar-refractivity contribution in [2.75, 3.05) is 6.54 Å². The second kappa shape index (κ2) is 8.22. The van der Waals surface area contributed by atoms with E-state index in [1.165, 1.54) is 11.6 Å². The predicted octanol–water partition coefficient (Wildman–Crippen LogP) is 4.96. The smallest absolute Gasteiger partial charge is 0.123 e. The molecule has 1 atom stereocenters. The predicted molar refractivity (Wildman–Crippen MR) is 106 cm³/mol. The summed E-state index contributed by atoms with van der Waals surface area (Å²) in [6.45, 7) is 12.3.